The van der Waals surface area contributed by atoms with Crippen LogP contribution in [0.2, 0.25) is 0 Å². The Balaban J connectivity index is 1.59. The Labute approximate surface area is 137 Å². The number of amides is 1. The zero-order chi connectivity index (χ0) is 16.2. The highest BCUT2D eigenvalue weighted by molar-refractivity contribution is 5.93. The molecule has 23 heavy (non-hydrogen) atoms. The van der Waals surface area contributed by atoms with E-state index in [9.17, 15) is 4.79 Å². The molecule has 0 saturated carbocycles. The normalized spacial score (nSPS) is 18.3. The molecule has 5 heteroatoms. The smallest absolute Gasteiger partial charge is 0.238 e. The quantitative estimate of drug-likeness (QED) is 0.892. The largest absolute Gasteiger partial charge is 0.322 e. The van der Waals surface area contributed by atoms with Crippen LogP contribution >= 0.6 is 0 Å². The number of rotatable bonds is 5. The summed E-state index contributed by atoms with van der Waals surface area (Å²) in [7, 11) is 0. The van der Waals surface area contributed by atoms with Crippen LogP contribution in [0.3, 0.4) is 0 Å². The van der Waals surface area contributed by atoms with Crippen molar-refractivity contribution in [3.63, 3.8) is 0 Å². The standard InChI is InChI=1S/C18H24N4O/c1-13-18(14(2)21-20-13)19-17(23)12-22-10-6-9-16(22)11-15-7-4-3-5-8-15/h3-5,7-8,16H,6,9-12H2,1-2H3,(H,19,23)(H,20,21). The summed E-state index contributed by atoms with van der Waals surface area (Å²) in [5, 5.41) is 10.0. The lowest BCUT2D eigenvalue weighted by molar-refractivity contribution is -0.117. The summed E-state index contributed by atoms with van der Waals surface area (Å²) >= 11 is 0. The van der Waals surface area contributed by atoms with Crippen molar-refractivity contribution >= 4 is 11.6 Å². The first-order valence-corrected chi connectivity index (χ1v) is 8.23. The van der Waals surface area contributed by atoms with E-state index in [1.807, 2.05) is 19.9 Å². The summed E-state index contributed by atoms with van der Waals surface area (Å²) in [4.78, 5) is 14.7. The number of aromatic amines is 1. The molecule has 0 aliphatic carbocycles. The van der Waals surface area contributed by atoms with Gasteiger partial charge in [0, 0.05) is 6.04 Å². The number of aromatic nitrogens is 2. The summed E-state index contributed by atoms with van der Waals surface area (Å²) in [5.41, 5.74) is 3.89. The molecule has 1 unspecified atom stereocenters. The molecule has 1 aromatic heterocycles. The lowest BCUT2D eigenvalue weighted by Gasteiger charge is -2.24. The van der Waals surface area contributed by atoms with Crippen LogP contribution in [-0.2, 0) is 11.2 Å². The van der Waals surface area contributed by atoms with Crippen LogP contribution in [0.25, 0.3) is 0 Å². The van der Waals surface area contributed by atoms with Gasteiger partial charge in [-0.15, -0.1) is 0 Å². The van der Waals surface area contributed by atoms with Crippen molar-refractivity contribution in [1.82, 2.24) is 15.1 Å². The highest BCUT2D eigenvalue weighted by atomic mass is 16.2. The molecule has 3 rings (SSSR count). The molecule has 1 amide bonds. The van der Waals surface area contributed by atoms with Crippen molar-refractivity contribution in [2.45, 2.75) is 39.2 Å². The van der Waals surface area contributed by atoms with Crippen molar-refractivity contribution < 1.29 is 4.79 Å². The van der Waals surface area contributed by atoms with Gasteiger partial charge in [-0.1, -0.05) is 30.3 Å². The molecule has 0 radical (unpaired) electrons. The molecule has 1 aromatic carbocycles. The van der Waals surface area contributed by atoms with Gasteiger partial charge in [0.1, 0.15) is 0 Å². The molecule has 1 aliphatic rings. The van der Waals surface area contributed by atoms with E-state index < -0.39 is 0 Å². The zero-order valence-corrected chi connectivity index (χ0v) is 13.8. The second kappa shape index (κ2) is 6.96. The Bertz CT molecular complexity index is 645. The van der Waals surface area contributed by atoms with E-state index in [2.05, 4.69) is 44.7 Å². The predicted molar refractivity (Wildman–Crippen MR) is 91.4 cm³/mol. The van der Waals surface area contributed by atoms with Gasteiger partial charge in [0.2, 0.25) is 5.91 Å². The highest BCUT2D eigenvalue weighted by Gasteiger charge is 2.26. The maximum atomic E-state index is 12.4. The number of hydrogen-bond donors (Lipinski definition) is 2. The van der Waals surface area contributed by atoms with Gasteiger partial charge in [0.05, 0.1) is 23.6 Å². The third kappa shape index (κ3) is 3.79. The lowest BCUT2D eigenvalue weighted by atomic mass is 10.0. The van der Waals surface area contributed by atoms with Crippen molar-refractivity contribution in [1.29, 1.82) is 0 Å². The first-order valence-electron chi connectivity index (χ1n) is 8.23. The molecule has 122 valence electrons. The SMILES string of the molecule is Cc1n[nH]c(C)c1NC(=O)CN1CCCC1Cc1ccccc1. The Hall–Kier alpha value is -2.14. The predicted octanol–water partition coefficient (Wildman–Crippen LogP) is 2.67. The molecule has 2 N–H and O–H groups in total. The van der Waals surface area contributed by atoms with Gasteiger partial charge in [-0.2, -0.15) is 5.10 Å². The molecule has 1 atom stereocenters. The maximum Gasteiger partial charge on any atom is 0.238 e. The molecule has 0 bridgehead atoms. The summed E-state index contributed by atoms with van der Waals surface area (Å²) in [6.07, 6.45) is 3.33. The first kappa shape index (κ1) is 15.7. The van der Waals surface area contributed by atoms with Gasteiger partial charge in [0.25, 0.3) is 0 Å². The van der Waals surface area contributed by atoms with Gasteiger partial charge in [-0.25, -0.2) is 0 Å². The average Bonchev–Trinajstić information content (AvgIpc) is 3.10. The zero-order valence-electron chi connectivity index (χ0n) is 13.8. The van der Waals surface area contributed by atoms with Crippen molar-refractivity contribution in [3.05, 3.63) is 47.3 Å². The van der Waals surface area contributed by atoms with Gasteiger partial charge in [0.15, 0.2) is 0 Å². The van der Waals surface area contributed by atoms with E-state index in [4.69, 9.17) is 0 Å². The number of hydrogen-bond acceptors (Lipinski definition) is 3. The third-order valence-electron chi connectivity index (χ3n) is 4.55. The summed E-state index contributed by atoms with van der Waals surface area (Å²) in [6, 6.07) is 11.0. The molecule has 0 spiro atoms. The summed E-state index contributed by atoms with van der Waals surface area (Å²) in [6.45, 7) is 5.26. The molecule has 1 aliphatic heterocycles. The number of benzene rings is 1. The van der Waals surface area contributed by atoms with Crippen LogP contribution in [0.1, 0.15) is 29.8 Å². The van der Waals surface area contributed by atoms with Crippen LogP contribution in [0.4, 0.5) is 5.69 Å². The number of anilines is 1. The number of carbonyl (C=O) groups is 1. The van der Waals surface area contributed by atoms with Crippen LogP contribution in [0, 0.1) is 13.8 Å². The van der Waals surface area contributed by atoms with Crippen molar-refractivity contribution in [3.8, 4) is 0 Å². The second-order valence-electron chi connectivity index (χ2n) is 6.31. The van der Waals surface area contributed by atoms with Gasteiger partial charge < -0.3 is 5.32 Å². The van der Waals surface area contributed by atoms with E-state index in [1.54, 1.807) is 0 Å². The minimum atomic E-state index is 0.0394. The minimum Gasteiger partial charge on any atom is -0.322 e. The monoisotopic (exact) mass is 312 g/mol. The molecule has 1 fully saturated rings. The molecule has 2 aromatic rings. The van der Waals surface area contributed by atoms with E-state index in [0.717, 1.165) is 42.9 Å². The fraction of sp³-hybridized carbons (Fsp3) is 0.444. The van der Waals surface area contributed by atoms with Crippen molar-refractivity contribution in [2.24, 2.45) is 0 Å². The van der Waals surface area contributed by atoms with Gasteiger partial charge in [-0.05, 0) is 45.2 Å². The van der Waals surface area contributed by atoms with Crippen LogP contribution in [0.5, 0.6) is 0 Å². The van der Waals surface area contributed by atoms with E-state index in [-0.39, 0.29) is 5.91 Å². The number of H-pyrrole nitrogens is 1. The van der Waals surface area contributed by atoms with Gasteiger partial charge >= 0.3 is 0 Å². The number of nitrogens with one attached hydrogen (secondary N) is 2. The average molecular weight is 312 g/mol. The Morgan fingerprint density at radius 3 is 2.83 bits per heavy atom. The Morgan fingerprint density at radius 2 is 2.13 bits per heavy atom. The Kier molecular flexibility index (Phi) is 4.76. The number of nitrogens with zero attached hydrogens (tertiary/aromatic N) is 2. The van der Waals surface area contributed by atoms with E-state index >= 15 is 0 Å². The summed E-state index contributed by atoms with van der Waals surface area (Å²) in [5.74, 6) is 0.0394. The second-order valence-corrected chi connectivity index (χ2v) is 6.31. The number of likely N-dealkylation sites (tertiary alicyclic amines) is 1. The van der Waals surface area contributed by atoms with Gasteiger partial charge in [-0.3, -0.25) is 14.8 Å². The fourth-order valence-electron chi connectivity index (χ4n) is 3.32. The third-order valence-corrected chi connectivity index (χ3v) is 4.55. The molecular formula is C18H24N4O. The fourth-order valence-corrected chi connectivity index (χ4v) is 3.32. The number of carbonyl (C=O) groups excluding carboxylic acids is 1. The van der Waals surface area contributed by atoms with Crippen LogP contribution in [0.15, 0.2) is 30.3 Å². The van der Waals surface area contributed by atoms with Crippen LogP contribution in [-0.4, -0.2) is 40.1 Å². The molecule has 1 saturated heterocycles. The maximum absolute atomic E-state index is 12.4. The number of aryl methyl sites for hydroxylation is 2. The lowest BCUT2D eigenvalue weighted by Crippen LogP contribution is -2.38. The summed E-state index contributed by atoms with van der Waals surface area (Å²) < 4.78 is 0. The molecule has 2 heterocycles. The molecule has 5 nitrogen and oxygen atoms in total. The van der Waals surface area contributed by atoms with Crippen LogP contribution < -0.4 is 5.32 Å². The molecular weight excluding hydrogens is 288 g/mol. The first-order chi connectivity index (χ1) is 11.1. The van der Waals surface area contributed by atoms with E-state index in [0.29, 0.717) is 12.6 Å². The topological polar surface area (TPSA) is 61.0 Å². The van der Waals surface area contributed by atoms with E-state index in [1.165, 1.54) is 5.56 Å². The minimum absolute atomic E-state index is 0.0394. The Morgan fingerprint density at radius 1 is 1.35 bits per heavy atom. The van der Waals surface area contributed by atoms with Crippen molar-refractivity contribution in [2.75, 3.05) is 18.4 Å². The highest BCUT2D eigenvalue weighted by Crippen LogP contribution is 2.21.